The number of phosphoric acid groups is 2. The Bertz CT molecular complexity index is 2080. The average Bonchev–Trinajstić information content (AvgIpc) is 0.901. The van der Waals surface area contributed by atoms with Gasteiger partial charge in [-0.05, 0) is 49.4 Å². The molecule has 0 aliphatic rings. The molecule has 636 valence electrons. The molecule has 5 atom stereocenters. The van der Waals surface area contributed by atoms with Crippen molar-refractivity contribution in [1.82, 2.24) is 0 Å². The van der Waals surface area contributed by atoms with E-state index in [0.29, 0.717) is 31.6 Å². The summed E-state index contributed by atoms with van der Waals surface area (Å²) in [5.41, 5.74) is 0. The second-order valence-corrected chi connectivity index (χ2v) is 36.4. The summed E-state index contributed by atoms with van der Waals surface area (Å²) in [5.74, 6) is 1.00. The molecule has 0 heterocycles. The maximum absolute atomic E-state index is 13.2. The van der Waals surface area contributed by atoms with E-state index in [0.717, 1.165) is 114 Å². The fraction of sp³-hybridized carbons (Fsp3) is 0.955. The van der Waals surface area contributed by atoms with Crippen molar-refractivity contribution in [2.24, 2.45) is 23.7 Å². The highest BCUT2D eigenvalue weighted by Crippen LogP contribution is 2.45. The van der Waals surface area contributed by atoms with Gasteiger partial charge in [0.05, 0.1) is 26.4 Å². The Hall–Kier alpha value is -1.94. The number of hydrogen-bond acceptors (Lipinski definition) is 15. The van der Waals surface area contributed by atoms with Crippen molar-refractivity contribution in [3.05, 3.63) is 0 Å². The van der Waals surface area contributed by atoms with Crippen molar-refractivity contribution >= 4 is 39.5 Å². The third kappa shape index (κ3) is 81.9. The van der Waals surface area contributed by atoms with E-state index in [1.807, 2.05) is 0 Å². The van der Waals surface area contributed by atoms with Crippen LogP contribution in [0.15, 0.2) is 0 Å². The summed E-state index contributed by atoms with van der Waals surface area (Å²) in [6, 6.07) is 0. The summed E-state index contributed by atoms with van der Waals surface area (Å²) in [6.45, 7) is 14.3. The zero-order valence-electron chi connectivity index (χ0n) is 70.8. The summed E-state index contributed by atoms with van der Waals surface area (Å²) in [6.07, 6.45) is 67.0. The van der Waals surface area contributed by atoms with E-state index in [4.69, 9.17) is 37.0 Å². The predicted octanol–water partition coefficient (Wildman–Crippen LogP) is 26.7. The van der Waals surface area contributed by atoms with Gasteiger partial charge in [0.2, 0.25) is 0 Å². The van der Waals surface area contributed by atoms with Crippen LogP contribution in [0.25, 0.3) is 0 Å². The number of esters is 4. The molecule has 0 fully saturated rings. The van der Waals surface area contributed by atoms with Gasteiger partial charge in [-0.25, -0.2) is 9.13 Å². The van der Waals surface area contributed by atoms with Gasteiger partial charge in [-0.3, -0.25) is 37.3 Å². The highest BCUT2D eigenvalue weighted by molar-refractivity contribution is 7.47. The van der Waals surface area contributed by atoms with E-state index in [1.54, 1.807) is 0 Å². The van der Waals surface area contributed by atoms with Crippen LogP contribution in [0.2, 0.25) is 0 Å². The summed E-state index contributed by atoms with van der Waals surface area (Å²) in [4.78, 5) is 73.2. The monoisotopic (exact) mass is 1560 g/mol. The summed E-state index contributed by atoms with van der Waals surface area (Å²) >= 11 is 0. The normalized spacial score (nSPS) is 13.9. The molecule has 0 saturated heterocycles. The van der Waals surface area contributed by atoms with Crippen molar-refractivity contribution in [3.8, 4) is 0 Å². The molecule has 17 nitrogen and oxygen atoms in total. The zero-order chi connectivity index (χ0) is 78.8. The van der Waals surface area contributed by atoms with E-state index in [-0.39, 0.29) is 25.7 Å². The highest BCUT2D eigenvalue weighted by Gasteiger charge is 2.31. The van der Waals surface area contributed by atoms with Gasteiger partial charge >= 0.3 is 39.5 Å². The Morgan fingerprint density at radius 1 is 0.234 bits per heavy atom. The van der Waals surface area contributed by atoms with Gasteiger partial charge in [0.15, 0.2) is 12.2 Å². The number of carbonyl (C=O) groups is 4. The largest absolute Gasteiger partial charge is 0.472 e. The van der Waals surface area contributed by atoms with E-state index in [1.165, 1.54) is 257 Å². The standard InChI is InChI=1S/C88H172O17P2/c1-78(2)64-56-48-40-34-28-22-17-13-9-11-15-19-25-31-37-43-52-60-68-85(90)98-74-83(104-87(92)70-62-54-44-38-32-26-20-16-12-10-14-18-23-29-35-41-49-57-65-79(3)4)76-102-106(94,95)100-72-82(89)73-101-107(96,97)103-77-84(75-99-86(91)69-61-53-47-46-51-59-67-81(7)8)105-88(93)71-63-55-45-39-33-27-21-24-30-36-42-50-58-66-80(5)6/h78-84,89H,9-77H2,1-8H3,(H,94,95)(H,96,97)/t82-,83-,84-/m1/s1. The predicted molar refractivity (Wildman–Crippen MR) is 441 cm³/mol. The van der Waals surface area contributed by atoms with Crippen LogP contribution >= 0.6 is 15.6 Å². The molecule has 0 aliphatic carbocycles. The van der Waals surface area contributed by atoms with Crippen LogP contribution in [0, 0.1) is 23.7 Å². The molecule has 3 N–H and O–H groups in total. The van der Waals surface area contributed by atoms with Gasteiger partial charge in [-0.2, -0.15) is 0 Å². The SMILES string of the molecule is CC(C)CCCCCCCCCCCCCCCCCCCCC(=O)OC[C@H](COP(=O)(O)OC[C@@H](O)COP(=O)(O)OC[C@@H](COC(=O)CCCCCCCCC(C)C)OC(=O)CCCCCCCCCCCCCCCC(C)C)OC(=O)CCCCCCCCCCCCCCCCCCCCC(C)C. The molecule has 0 amide bonds. The van der Waals surface area contributed by atoms with Gasteiger partial charge in [0.25, 0.3) is 0 Å². The Balaban J connectivity index is 5.20. The van der Waals surface area contributed by atoms with Crippen molar-refractivity contribution in [1.29, 1.82) is 0 Å². The quantitative estimate of drug-likeness (QED) is 0.0222. The number of rotatable bonds is 85. The maximum Gasteiger partial charge on any atom is 0.472 e. The van der Waals surface area contributed by atoms with Crippen LogP contribution in [0.4, 0.5) is 0 Å². The van der Waals surface area contributed by atoms with Gasteiger partial charge in [0, 0.05) is 25.7 Å². The molecule has 0 aromatic carbocycles. The first kappa shape index (κ1) is 105. The number of aliphatic hydroxyl groups excluding tert-OH is 1. The molecule has 0 radical (unpaired) electrons. The molecule has 0 spiro atoms. The smallest absolute Gasteiger partial charge is 0.462 e. The lowest BCUT2D eigenvalue weighted by Crippen LogP contribution is -2.30. The highest BCUT2D eigenvalue weighted by atomic mass is 31.2. The second kappa shape index (κ2) is 76.7. The number of ether oxygens (including phenoxy) is 4. The minimum atomic E-state index is -4.97. The third-order valence-corrected chi connectivity index (χ3v) is 22.5. The van der Waals surface area contributed by atoms with Gasteiger partial charge in [0.1, 0.15) is 19.3 Å². The van der Waals surface area contributed by atoms with Crippen LogP contribution in [0.5, 0.6) is 0 Å². The molecule has 0 bridgehead atoms. The lowest BCUT2D eigenvalue weighted by molar-refractivity contribution is -0.161. The molecule has 0 rings (SSSR count). The number of hydrogen-bond donors (Lipinski definition) is 3. The van der Waals surface area contributed by atoms with E-state index in [9.17, 15) is 43.2 Å². The molecular weight excluding hydrogens is 1390 g/mol. The Morgan fingerprint density at radius 3 is 0.579 bits per heavy atom. The summed E-state index contributed by atoms with van der Waals surface area (Å²) in [7, 11) is -9.93. The molecular formula is C88H172O17P2. The van der Waals surface area contributed by atoms with E-state index < -0.39 is 97.5 Å². The molecule has 19 heteroatoms. The molecule has 2 unspecified atom stereocenters. The second-order valence-electron chi connectivity index (χ2n) is 33.5. The number of aliphatic hydroxyl groups is 1. The molecule has 0 saturated carbocycles. The first-order chi connectivity index (χ1) is 51.6. The first-order valence-corrected chi connectivity index (χ1v) is 48.2. The summed E-state index contributed by atoms with van der Waals surface area (Å²) < 4.78 is 68.9. The van der Waals surface area contributed by atoms with Crippen molar-refractivity contribution in [2.75, 3.05) is 39.6 Å². The summed E-state index contributed by atoms with van der Waals surface area (Å²) in [5, 5.41) is 10.7. The minimum Gasteiger partial charge on any atom is -0.462 e. The van der Waals surface area contributed by atoms with Gasteiger partial charge in [-0.15, -0.1) is 0 Å². The fourth-order valence-corrected chi connectivity index (χ4v) is 15.3. The maximum atomic E-state index is 13.2. The van der Waals surface area contributed by atoms with Crippen LogP contribution in [-0.2, 0) is 65.4 Å². The molecule has 0 aliphatic heterocycles. The average molecular weight is 1560 g/mol. The van der Waals surface area contributed by atoms with Crippen LogP contribution in [-0.4, -0.2) is 96.7 Å². The molecule has 0 aromatic heterocycles. The number of unbranched alkanes of at least 4 members (excludes halogenated alkanes) is 51. The minimum absolute atomic E-state index is 0.106. The zero-order valence-corrected chi connectivity index (χ0v) is 72.6. The van der Waals surface area contributed by atoms with E-state index in [2.05, 4.69) is 55.4 Å². The van der Waals surface area contributed by atoms with Crippen molar-refractivity contribution < 1.29 is 80.2 Å². The van der Waals surface area contributed by atoms with Gasteiger partial charge in [-0.1, -0.05) is 409 Å². The van der Waals surface area contributed by atoms with Crippen LogP contribution in [0.3, 0.4) is 0 Å². The first-order valence-electron chi connectivity index (χ1n) is 45.2. The lowest BCUT2D eigenvalue weighted by atomic mass is 10.0. The molecule has 0 aromatic rings. The number of carbonyl (C=O) groups excluding carboxylic acids is 4. The molecule has 107 heavy (non-hydrogen) atoms. The van der Waals surface area contributed by atoms with Gasteiger partial charge < -0.3 is 33.8 Å². The Morgan fingerprint density at radius 2 is 0.393 bits per heavy atom. The fourth-order valence-electron chi connectivity index (χ4n) is 13.7. The lowest BCUT2D eigenvalue weighted by Gasteiger charge is -2.21. The van der Waals surface area contributed by atoms with Crippen LogP contribution < -0.4 is 0 Å². The topological polar surface area (TPSA) is 237 Å². The Kier molecular flexibility index (Phi) is 75.3. The number of phosphoric ester groups is 2. The van der Waals surface area contributed by atoms with E-state index >= 15 is 0 Å². The van der Waals surface area contributed by atoms with Crippen molar-refractivity contribution in [3.63, 3.8) is 0 Å². The Labute approximate surface area is 658 Å². The van der Waals surface area contributed by atoms with Crippen LogP contribution in [0.1, 0.15) is 460 Å². The third-order valence-electron chi connectivity index (χ3n) is 20.6. The van der Waals surface area contributed by atoms with Crippen molar-refractivity contribution in [2.45, 2.75) is 478 Å².